The van der Waals surface area contributed by atoms with Crippen LogP contribution < -0.4 is 4.74 Å². The zero-order valence-corrected chi connectivity index (χ0v) is 7.52. The number of hydrogen-bond acceptors (Lipinski definition) is 1. The van der Waals surface area contributed by atoms with Gasteiger partial charge in [-0.2, -0.15) is 0 Å². The first-order valence-electron chi connectivity index (χ1n) is 2.77. The number of halogens is 2. The lowest BCUT2D eigenvalue weighted by Crippen LogP contribution is -1.86. The van der Waals surface area contributed by atoms with Crippen LogP contribution in [0.5, 0.6) is 5.75 Å². The van der Waals surface area contributed by atoms with Gasteiger partial charge >= 0.3 is 0 Å². The van der Waals surface area contributed by atoms with Crippen molar-refractivity contribution in [2.75, 3.05) is 5.52 Å². The lowest BCUT2D eigenvalue weighted by molar-refractivity contribution is 0.398. The summed E-state index contributed by atoms with van der Waals surface area (Å²) in [6, 6.07) is 7.28. The van der Waals surface area contributed by atoms with Crippen LogP contribution in [-0.2, 0) is 0 Å². The Morgan fingerprint density at radius 3 is 2.90 bits per heavy atom. The predicted molar refractivity (Wildman–Crippen MR) is 45.9 cm³/mol. The molecule has 1 aromatic rings. The molecule has 0 heterocycles. The van der Waals surface area contributed by atoms with E-state index in [1.54, 1.807) is 6.07 Å². The van der Waals surface area contributed by atoms with Gasteiger partial charge < -0.3 is 4.74 Å². The van der Waals surface area contributed by atoms with E-state index in [1.165, 1.54) is 0 Å². The van der Waals surface area contributed by atoms with E-state index >= 15 is 0 Å². The summed E-state index contributed by atoms with van der Waals surface area (Å²) in [7, 11) is 0. The van der Waals surface area contributed by atoms with Crippen molar-refractivity contribution in [2.45, 2.75) is 0 Å². The summed E-state index contributed by atoms with van der Waals surface area (Å²) in [5.41, 5.74) is 0.493. The molecule has 0 aliphatic heterocycles. The smallest absolute Gasteiger partial charge is 0.143 e. The van der Waals surface area contributed by atoms with E-state index in [0.717, 1.165) is 5.75 Å². The maximum absolute atomic E-state index is 5.69. The summed E-state index contributed by atoms with van der Waals surface area (Å²) >= 11 is 8.83. The highest BCUT2D eigenvalue weighted by atomic mass is 79.9. The standard InChI is InChI=1S/C7H6BrClO/c8-5-10-7-3-1-2-6(9)4-7/h1-4H,5H2. The molecule has 0 radical (unpaired) electrons. The first-order valence-corrected chi connectivity index (χ1v) is 4.27. The molecule has 0 saturated carbocycles. The van der Waals surface area contributed by atoms with Gasteiger partial charge in [0.1, 0.15) is 11.3 Å². The third-order valence-corrected chi connectivity index (χ3v) is 1.48. The minimum absolute atomic E-state index is 0.493. The Kier molecular flexibility index (Phi) is 3.03. The van der Waals surface area contributed by atoms with Crippen LogP contribution >= 0.6 is 27.5 Å². The van der Waals surface area contributed by atoms with E-state index in [1.807, 2.05) is 18.2 Å². The van der Waals surface area contributed by atoms with Crippen molar-refractivity contribution < 1.29 is 4.74 Å². The Labute approximate surface area is 73.1 Å². The van der Waals surface area contributed by atoms with Crippen LogP contribution in [-0.4, -0.2) is 5.52 Å². The summed E-state index contributed by atoms with van der Waals surface area (Å²) in [5.74, 6) is 0.782. The van der Waals surface area contributed by atoms with Gasteiger partial charge in [0.25, 0.3) is 0 Å². The maximum atomic E-state index is 5.69. The van der Waals surface area contributed by atoms with Crippen molar-refractivity contribution in [3.63, 3.8) is 0 Å². The van der Waals surface area contributed by atoms with Crippen molar-refractivity contribution >= 4 is 27.5 Å². The Morgan fingerprint density at radius 2 is 2.30 bits per heavy atom. The highest BCUT2D eigenvalue weighted by Crippen LogP contribution is 2.17. The van der Waals surface area contributed by atoms with Gasteiger partial charge in [-0.25, -0.2) is 0 Å². The van der Waals surface area contributed by atoms with Crippen LogP contribution in [0.15, 0.2) is 24.3 Å². The highest BCUT2D eigenvalue weighted by Gasteiger charge is 1.91. The van der Waals surface area contributed by atoms with Crippen LogP contribution in [0.3, 0.4) is 0 Å². The van der Waals surface area contributed by atoms with Crippen LogP contribution in [0.1, 0.15) is 0 Å². The molecule has 0 spiro atoms. The lowest BCUT2D eigenvalue weighted by Gasteiger charge is -1.99. The maximum Gasteiger partial charge on any atom is 0.143 e. The van der Waals surface area contributed by atoms with Crippen molar-refractivity contribution in [1.29, 1.82) is 0 Å². The molecule has 3 heteroatoms. The fraction of sp³-hybridized carbons (Fsp3) is 0.143. The molecule has 1 nitrogen and oxygen atoms in total. The third-order valence-electron chi connectivity index (χ3n) is 1.02. The second-order valence-corrected chi connectivity index (χ2v) is 2.61. The van der Waals surface area contributed by atoms with E-state index in [-0.39, 0.29) is 0 Å². The highest BCUT2D eigenvalue weighted by molar-refractivity contribution is 9.09. The Hall–Kier alpha value is -0.210. The first-order chi connectivity index (χ1) is 4.83. The van der Waals surface area contributed by atoms with Gasteiger partial charge in [0, 0.05) is 5.02 Å². The normalized spacial score (nSPS) is 9.40. The lowest BCUT2D eigenvalue weighted by atomic mass is 10.3. The molecule has 0 aliphatic rings. The Morgan fingerprint density at radius 1 is 1.50 bits per heavy atom. The first kappa shape index (κ1) is 7.89. The monoisotopic (exact) mass is 220 g/mol. The molecule has 0 N–H and O–H groups in total. The van der Waals surface area contributed by atoms with Gasteiger partial charge in [-0.05, 0) is 34.1 Å². The molecule has 0 bridgehead atoms. The number of hydrogen-bond donors (Lipinski definition) is 0. The molecule has 1 rings (SSSR count). The average molecular weight is 221 g/mol. The van der Waals surface area contributed by atoms with Gasteiger partial charge in [0.05, 0.1) is 0 Å². The van der Waals surface area contributed by atoms with Gasteiger partial charge in [-0.3, -0.25) is 0 Å². The van der Waals surface area contributed by atoms with Gasteiger partial charge in [-0.15, -0.1) is 0 Å². The zero-order chi connectivity index (χ0) is 7.40. The summed E-state index contributed by atoms with van der Waals surface area (Å²) in [6.07, 6.45) is 0. The van der Waals surface area contributed by atoms with E-state index in [2.05, 4.69) is 15.9 Å². The fourth-order valence-corrected chi connectivity index (χ4v) is 1.06. The third kappa shape index (κ3) is 2.20. The topological polar surface area (TPSA) is 9.23 Å². The van der Waals surface area contributed by atoms with Crippen molar-refractivity contribution in [3.8, 4) is 5.75 Å². The molecular formula is C7H6BrClO. The summed E-state index contributed by atoms with van der Waals surface area (Å²) in [4.78, 5) is 0. The fourth-order valence-electron chi connectivity index (χ4n) is 0.620. The molecule has 10 heavy (non-hydrogen) atoms. The van der Waals surface area contributed by atoms with Crippen molar-refractivity contribution in [2.24, 2.45) is 0 Å². The number of alkyl halides is 1. The molecular weight excluding hydrogens is 215 g/mol. The van der Waals surface area contributed by atoms with Gasteiger partial charge in [0.2, 0.25) is 0 Å². The second-order valence-electron chi connectivity index (χ2n) is 1.71. The molecule has 1 aromatic carbocycles. The Balaban J connectivity index is 2.75. The second kappa shape index (κ2) is 3.84. The molecule has 0 atom stereocenters. The van der Waals surface area contributed by atoms with Gasteiger partial charge in [-0.1, -0.05) is 17.7 Å². The van der Waals surface area contributed by atoms with E-state index in [9.17, 15) is 0 Å². The molecule has 54 valence electrons. The average Bonchev–Trinajstić information content (AvgIpc) is 1.88. The van der Waals surface area contributed by atoms with Crippen LogP contribution in [0.25, 0.3) is 0 Å². The number of benzene rings is 1. The van der Waals surface area contributed by atoms with Crippen LogP contribution in [0.4, 0.5) is 0 Å². The van der Waals surface area contributed by atoms with Crippen LogP contribution in [0, 0.1) is 0 Å². The molecule has 0 aliphatic carbocycles. The van der Waals surface area contributed by atoms with Gasteiger partial charge in [0.15, 0.2) is 0 Å². The predicted octanol–water partition coefficient (Wildman–Crippen LogP) is 3.07. The molecule has 0 fully saturated rings. The van der Waals surface area contributed by atoms with Crippen molar-refractivity contribution in [3.05, 3.63) is 29.3 Å². The molecule has 0 amide bonds. The zero-order valence-electron chi connectivity index (χ0n) is 5.18. The summed E-state index contributed by atoms with van der Waals surface area (Å²) in [6.45, 7) is 0. The van der Waals surface area contributed by atoms with Crippen molar-refractivity contribution in [1.82, 2.24) is 0 Å². The molecule has 0 saturated heterocycles. The number of ether oxygens (including phenoxy) is 1. The minimum Gasteiger partial charge on any atom is -0.482 e. The SMILES string of the molecule is Clc1cccc(OCBr)c1. The number of rotatable bonds is 2. The molecule has 0 aromatic heterocycles. The largest absolute Gasteiger partial charge is 0.482 e. The Bertz CT molecular complexity index is 215. The summed E-state index contributed by atoms with van der Waals surface area (Å²) < 4.78 is 5.12. The van der Waals surface area contributed by atoms with E-state index in [4.69, 9.17) is 16.3 Å². The molecule has 0 unspecified atom stereocenters. The van der Waals surface area contributed by atoms with Crippen LogP contribution in [0.2, 0.25) is 5.02 Å². The summed E-state index contributed by atoms with van der Waals surface area (Å²) in [5, 5.41) is 0.693. The minimum atomic E-state index is 0.493. The quantitative estimate of drug-likeness (QED) is 0.698. The van der Waals surface area contributed by atoms with E-state index < -0.39 is 0 Å². The van der Waals surface area contributed by atoms with E-state index in [0.29, 0.717) is 10.5 Å².